The maximum Gasteiger partial charge on any atom is 0.315 e. The summed E-state index contributed by atoms with van der Waals surface area (Å²) in [6.45, 7) is 5.80. The number of urea groups is 1. The van der Waals surface area contributed by atoms with Crippen molar-refractivity contribution in [1.29, 1.82) is 0 Å². The number of nitrogens with zero attached hydrogens (tertiary/aromatic N) is 1. The van der Waals surface area contributed by atoms with Crippen LogP contribution in [-0.4, -0.2) is 68.6 Å². The van der Waals surface area contributed by atoms with Crippen LogP contribution in [0.1, 0.15) is 44.9 Å². The van der Waals surface area contributed by atoms with E-state index in [1.807, 2.05) is 0 Å². The third-order valence-electron chi connectivity index (χ3n) is 8.43. The zero-order valence-corrected chi connectivity index (χ0v) is 16.5. The Kier molecular flexibility index (Phi) is 5.07. The summed E-state index contributed by atoms with van der Waals surface area (Å²) < 4.78 is 11.2. The zero-order chi connectivity index (χ0) is 18.3. The first-order chi connectivity index (χ1) is 13.3. The van der Waals surface area contributed by atoms with Crippen molar-refractivity contribution in [3.63, 3.8) is 0 Å². The maximum absolute atomic E-state index is 12.7. The largest absolute Gasteiger partial charge is 0.381 e. The fourth-order valence-electron chi connectivity index (χ4n) is 7.09. The van der Waals surface area contributed by atoms with E-state index < -0.39 is 0 Å². The van der Waals surface area contributed by atoms with Gasteiger partial charge >= 0.3 is 6.03 Å². The summed E-state index contributed by atoms with van der Waals surface area (Å²) in [4.78, 5) is 15.3. The molecule has 2 saturated heterocycles. The third kappa shape index (κ3) is 3.38. The van der Waals surface area contributed by atoms with Crippen molar-refractivity contribution in [2.24, 2.45) is 23.7 Å². The molecule has 5 atom stereocenters. The SMILES string of the molecule is O=C(NCC1(N2CCOCC2)CCOCC1)N[C@@H]1C[C@H]2C[C@H]1[C@H]1CCC[C@H]21. The van der Waals surface area contributed by atoms with Crippen molar-refractivity contribution >= 4 is 6.03 Å². The lowest BCUT2D eigenvalue weighted by atomic mass is 9.79. The summed E-state index contributed by atoms with van der Waals surface area (Å²) in [5.41, 5.74) is 0.0323. The van der Waals surface area contributed by atoms with E-state index in [1.54, 1.807) is 0 Å². The summed E-state index contributed by atoms with van der Waals surface area (Å²) in [5, 5.41) is 6.61. The molecule has 2 amide bonds. The van der Waals surface area contributed by atoms with Gasteiger partial charge in [-0.2, -0.15) is 0 Å². The van der Waals surface area contributed by atoms with Gasteiger partial charge in [-0.1, -0.05) is 6.42 Å². The molecule has 5 rings (SSSR count). The average molecular weight is 378 g/mol. The van der Waals surface area contributed by atoms with Gasteiger partial charge in [-0.05, 0) is 62.2 Å². The van der Waals surface area contributed by atoms with Gasteiger partial charge in [-0.3, -0.25) is 4.90 Å². The number of carbonyl (C=O) groups is 1. The van der Waals surface area contributed by atoms with E-state index in [-0.39, 0.29) is 11.6 Å². The summed E-state index contributed by atoms with van der Waals surface area (Å²) in [6.07, 6.45) is 8.79. The zero-order valence-electron chi connectivity index (χ0n) is 16.5. The molecule has 5 aliphatic rings. The third-order valence-corrected chi connectivity index (χ3v) is 8.43. The van der Waals surface area contributed by atoms with Gasteiger partial charge in [-0.15, -0.1) is 0 Å². The van der Waals surface area contributed by atoms with E-state index in [0.717, 1.165) is 82.6 Å². The predicted molar refractivity (Wildman–Crippen MR) is 103 cm³/mol. The van der Waals surface area contributed by atoms with Crippen molar-refractivity contribution in [2.45, 2.75) is 56.5 Å². The van der Waals surface area contributed by atoms with Crippen LogP contribution >= 0.6 is 0 Å². The van der Waals surface area contributed by atoms with E-state index in [1.165, 1.54) is 32.1 Å². The van der Waals surface area contributed by atoms with Crippen LogP contribution < -0.4 is 10.6 Å². The Morgan fingerprint density at radius 1 is 0.963 bits per heavy atom. The number of fused-ring (bicyclic) bond motifs is 5. The van der Waals surface area contributed by atoms with Gasteiger partial charge in [0.2, 0.25) is 0 Å². The summed E-state index contributed by atoms with van der Waals surface area (Å²) in [6, 6.07) is 0.449. The Hall–Kier alpha value is -0.850. The highest BCUT2D eigenvalue weighted by Gasteiger charge is 2.54. The van der Waals surface area contributed by atoms with Crippen molar-refractivity contribution in [3.8, 4) is 0 Å². The van der Waals surface area contributed by atoms with Gasteiger partial charge < -0.3 is 20.1 Å². The fourth-order valence-corrected chi connectivity index (χ4v) is 7.09. The van der Waals surface area contributed by atoms with Crippen molar-refractivity contribution in [2.75, 3.05) is 46.1 Å². The highest BCUT2D eigenvalue weighted by molar-refractivity contribution is 5.74. The standard InChI is InChI=1S/C21H35N3O3/c25-20(23-19-13-15-12-18(19)17-3-1-2-16(15)17)22-14-21(4-8-26-9-5-21)24-6-10-27-11-7-24/h15-19H,1-14H2,(H2,22,23,25)/t15-,16-,17+,18+,19-/m1/s1. The minimum Gasteiger partial charge on any atom is -0.381 e. The van der Waals surface area contributed by atoms with Gasteiger partial charge in [-0.25, -0.2) is 4.79 Å². The molecular formula is C21H35N3O3. The molecule has 5 fully saturated rings. The van der Waals surface area contributed by atoms with Crippen LogP contribution in [0.25, 0.3) is 0 Å². The van der Waals surface area contributed by atoms with E-state index in [0.29, 0.717) is 6.04 Å². The number of ether oxygens (including phenoxy) is 2. The van der Waals surface area contributed by atoms with E-state index >= 15 is 0 Å². The van der Waals surface area contributed by atoms with Crippen molar-refractivity contribution in [1.82, 2.24) is 15.5 Å². The van der Waals surface area contributed by atoms with E-state index in [4.69, 9.17) is 9.47 Å². The molecule has 2 aliphatic heterocycles. The number of rotatable bonds is 4. The predicted octanol–water partition coefficient (Wildman–Crippen LogP) is 1.99. The fraction of sp³-hybridized carbons (Fsp3) is 0.952. The topological polar surface area (TPSA) is 62.8 Å². The van der Waals surface area contributed by atoms with Gasteiger partial charge in [0, 0.05) is 44.4 Å². The minimum absolute atomic E-state index is 0.0323. The van der Waals surface area contributed by atoms with Crippen LogP contribution in [0.5, 0.6) is 0 Å². The number of nitrogens with one attached hydrogen (secondary N) is 2. The Labute approximate surface area is 162 Å². The molecule has 0 aromatic heterocycles. The van der Waals surface area contributed by atoms with E-state index in [2.05, 4.69) is 15.5 Å². The lowest BCUT2D eigenvalue weighted by Crippen LogP contribution is -2.62. The quantitative estimate of drug-likeness (QED) is 0.787. The molecular weight excluding hydrogens is 342 g/mol. The molecule has 2 bridgehead atoms. The Bertz CT molecular complexity index is 545. The number of amides is 2. The Morgan fingerprint density at radius 3 is 2.52 bits per heavy atom. The van der Waals surface area contributed by atoms with Crippen LogP contribution in [0.3, 0.4) is 0 Å². The van der Waals surface area contributed by atoms with Crippen LogP contribution in [0.15, 0.2) is 0 Å². The van der Waals surface area contributed by atoms with Gasteiger partial charge in [0.1, 0.15) is 0 Å². The first-order valence-electron chi connectivity index (χ1n) is 11.2. The molecule has 0 radical (unpaired) electrons. The number of morpholine rings is 1. The second-order valence-electron chi connectivity index (χ2n) is 9.52. The molecule has 0 spiro atoms. The molecule has 0 unspecified atom stereocenters. The molecule has 0 aromatic carbocycles. The molecule has 6 nitrogen and oxygen atoms in total. The highest BCUT2D eigenvalue weighted by Crippen LogP contribution is 2.58. The molecule has 2 N–H and O–H groups in total. The lowest BCUT2D eigenvalue weighted by Gasteiger charge is -2.48. The number of carbonyl (C=O) groups excluding carboxylic acids is 1. The number of hydrogen-bond acceptors (Lipinski definition) is 4. The smallest absolute Gasteiger partial charge is 0.315 e. The molecule has 27 heavy (non-hydrogen) atoms. The van der Waals surface area contributed by atoms with Crippen LogP contribution in [0, 0.1) is 23.7 Å². The normalized spacial score (nSPS) is 40.7. The monoisotopic (exact) mass is 377 g/mol. The molecule has 0 aromatic rings. The first kappa shape index (κ1) is 18.2. The Balaban J connectivity index is 1.17. The molecule has 3 aliphatic carbocycles. The van der Waals surface area contributed by atoms with Gasteiger partial charge in [0.25, 0.3) is 0 Å². The highest BCUT2D eigenvalue weighted by atomic mass is 16.5. The molecule has 3 saturated carbocycles. The minimum atomic E-state index is 0.0323. The molecule has 2 heterocycles. The Morgan fingerprint density at radius 2 is 1.70 bits per heavy atom. The molecule has 6 heteroatoms. The maximum atomic E-state index is 12.7. The van der Waals surface area contributed by atoms with Crippen LogP contribution in [0.4, 0.5) is 4.79 Å². The lowest BCUT2D eigenvalue weighted by molar-refractivity contribution is -0.0691. The first-order valence-corrected chi connectivity index (χ1v) is 11.2. The van der Waals surface area contributed by atoms with Crippen LogP contribution in [-0.2, 0) is 9.47 Å². The van der Waals surface area contributed by atoms with Gasteiger partial charge in [0.05, 0.1) is 13.2 Å². The summed E-state index contributed by atoms with van der Waals surface area (Å²) in [5.74, 6) is 3.49. The second kappa shape index (κ2) is 7.53. The van der Waals surface area contributed by atoms with Crippen molar-refractivity contribution < 1.29 is 14.3 Å². The number of hydrogen-bond donors (Lipinski definition) is 2. The average Bonchev–Trinajstić information content (AvgIpc) is 3.41. The van der Waals surface area contributed by atoms with Crippen molar-refractivity contribution in [3.05, 3.63) is 0 Å². The molecule has 152 valence electrons. The van der Waals surface area contributed by atoms with Crippen LogP contribution in [0.2, 0.25) is 0 Å². The second-order valence-corrected chi connectivity index (χ2v) is 9.52. The van der Waals surface area contributed by atoms with E-state index in [9.17, 15) is 4.79 Å². The summed E-state index contributed by atoms with van der Waals surface area (Å²) >= 11 is 0. The summed E-state index contributed by atoms with van der Waals surface area (Å²) in [7, 11) is 0. The van der Waals surface area contributed by atoms with Gasteiger partial charge in [0.15, 0.2) is 0 Å².